The molecule has 0 radical (unpaired) electrons. The van der Waals surface area contributed by atoms with Crippen molar-refractivity contribution < 1.29 is 9.13 Å². The second-order valence-corrected chi connectivity index (χ2v) is 4.02. The third-order valence-corrected chi connectivity index (χ3v) is 2.80. The first-order valence-electron chi connectivity index (χ1n) is 5.27. The zero-order valence-electron chi connectivity index (χ0n) is 9.14. The van der Waals surface area contributed by atoms with Gasteiger partial charge in [-0.1, -0.05) is 6.07 Å². The fraction of sp³-hybridized carbons (Fsp3) is 0.500. The van der Waals surface area contributed by atoms with Crippen LogP contribution in [0.5, 0.6) is 0 Å². The van der Waals surface area contributed by atoms with Gasteiger partial charge in [-0.15, -0.1) is 0 Å². The standard InChI is InChI=1S/C12H16FNO/c1-8-5-10(9(2)11(13)6-8)12-7-14-3-4-15-12/h5-6,12,14H,3-4,7H2,1-2H3. The molecule has 1 aliphatic heterocycles. The monoisotopic (exact) mass is 209 g/mol. The highest BCUT2D eigenvalue weighted by molar-refractivity contribution is 5.34. The molecule has 0 spiro atoms. The number of morpholine rings is 1. The highest BCUT2D eigenvalue weighted by Gasteiger charge is 2.19. The molecule has 1 heterocycles. The van der Waals surface area contributed by atoms with Gasteiger partial charge in [-0.25, -0.2) is 4.39 Å². The molecule has 0 saturated carbocycles. The zero-order chi connectivity index (χ0) is 10.8. The molecule has 1 unspecified atom stereocenters. The average Bonchev–Trinajstić information content (AvgIpc) is 2.24. The van der Waals surface area contributed by atoms with E-state index < -0.39 is 0 Å². The van der Waals surface area contributed by atoms with Gasteiger partial charge in [0.25, 0.3) is 0 Å². The molecule has 2 nitrogen and oxygen atoms in total. The molecule has 1 aromatic rings. The van der Waals surface area contributed by atoms with Crippen molar-refractivity contribution in [3.05, 3.63) is 34.6 Å². The van der Waals surface area contributed by atoms with E-state index in [-0.39, 0.29) is 11.9 Å². The van der Waals surface area contributed by atoms with E-state index in [0.717, 1.165) is 24.2 Å². The Hall–Kier alpha value is -0.930. The van der Waals surface area contributed by atoms with Crippen molar-refractivity contribution in [3.63, 3.8) is 0 Å². The van der Waals surface area contributed by atoms with Gasteiger partial charge in [0, 0.05) is 13.1 Å². The van der Waals surface area contributed by atoms with Crippen LogP contribution in [0.3, 0.4) is 0 Å². The lowest BCUT2D eigenvalue weighted by Crippen LogP contribution is -2.33. The van der Waals surface area contributed by atoms with Crippen LogP contribution in [-0.2, 0) is 4.74 Å². The summed E-state index contributed by atoms with van der Waals surface area (Å²) in [6.45, 7) is 6.05. The summed E-state index contributed by atoms with van der Waals surface area (Å²) in [7, 11) is 0. The molecule has 2 rings (SSSR count). The van der Waals surface area contributed by atoms with E-state index in [1.807, 2.05) is 19.9 Å². The molecule has 82 valence electrons. The van der Waals surface area contributed by atoms with Crippen LogP contribution in [0, 0.1) is 19.7 Å². The van der Waals surface area contributed by atoms with Crippen molar-refractivity contribution in [2.24, 2.45) is 0 Å². The number of rotatable bonds is 1. The maximum atomic E-state index is 13.5. The summed E-state index contributed by atoms with van der Waals surface area (Å²) in [6.07, 6.45) is -0.00634. The van der Waals surface area contributed by atoms with Crippen LogP contribution in [0.1, 0.15) is 22.8 Å². The molecule has 1 aliphatic rings. The van der Waals surface area contributed by atoms with Crippen molar-refractivity contribution in [3.8, 4) is 0 Å². The Morgan fingerprint density at radius 3 is 2.87 bits per heavy atom. The predicted molar refractivity (Wildman–Crippen MR) is 57.4 cm³/mol. The number of hydrogen-bond acceptors (Lipinski definition) is 2. The summed E-state index contributed by atoms with van der Waals surface area (Å²) in [5.74, 6) is -0.140. The van der Waals surface area contributed by atoms with Crippen LogP contribution in [0.2, 0.25) is 0 Å². The molecule has 0 aromatic heterocycles. The Morgan fingerprint density at radius 1 is 1.40 bits per heavy atom. The largest absolute Gasteiger partial charge is 0.371 e. The van der Waals surface area contributed by atoms with Gasteiger partial charge in [0.2, 0.25) is 0 Å². The molecule has 1 atom stereocenters. The van der Waals surface area contributed by atoms with Crippen LogP contribution in [-0.4, -0.2) is 19.7 Å². The maximum Gasteiger partial charge on any atom is 0.126 e. The van der Waals surface area contributed by atoms with E-state index in [2.05, 4.69) is 5.32 Å². The minimum atomic E-state index is -0.140. The van der Waals surface area contributed by atoms with Crippen molar-refractivity contribution >= 4 is 0 Å². The number of aryl methyl sites for hydroxylation is 1. The highest BCUT2D eigenvalue weighted by atomic mass is 19.1. The van der Waals surface area contributed by atoms with Gasteiger partial charge in [0.1, 0.15) is 5.82 Å². The van der Waals surface area contributed by atoms with Crippen LogP contribution in [0.4, 0.5) is 4.39 Å². The van der Waals surface area contributed by atoms with Gasteiger partial charge in [-0.2, -0.15) is 0 Å². The van der Waals surface area contributed by atoms with Gasteiger partial charge in [0.15, 0.2) is 0 Å². The minimum absolute atomic E-state index is 0.00634. The number of benzene rings is 1. The Kier molecular flexibility index (Phi) is 3.03. The number of nitrogens with one attached hydrogen (secondary N) is 1. The summed E-state index contributed by atoms with van der Waals surface area (Å²) in [4.78, 5) is 0. The van der Waals surface area contributed by atoms with E-state index in [1.165, 1.54) is 0 Å². The summed E-state index contributed by atoms with van der Waals surface area (Å²) < 4.78 is 19.1. The Labute approximate surface area is 89.4 Å². The lowest BCUT2D eigenvalue weighted by atomic mass is 9.99. The number of hydrogen-bond donors (Lipinski definition) is 1. The second kappa shape index (κ2) is 4.29. The lowest BCUT2D eigenvalue weighted by Gasteiger charge is -2.25. The third-order valence-electron chi connectivity index (χ3n) is 2.80. The molecule has 1 fully saturated rings. The SMILES string of the molecule is Cc1cc(F)c(C)c(C2CNCCO2)c1. The lowest BCUT2D eigenvalue weighted by molar-refractivity contribution is 0.0271. The van der Waals surface area contributed by atoms with Crippen molar-refractivity contribution in [1.29, 1.82) is 0 Å². The van der Waals surface area contributed by atoms with Gasteiger partial charge >= 0.3 is 0 Å². The third kappa shape index (κ3) is 2.19. The van der Waals surface area contributed by atoms with Gasteiger partial charge in [-0.05, 0) is 36.6 Å². The maximum absolute atomic E-state index is 13.5. The van der Waals surface area contributed by atoms with E-state index >= 15 is 0 Å². The number of ether oxygens (including phenoxy) is 1. The first kappa shape index (κ1) is 10.6. The van der Waals surface area contributed by atoms with E-state index in [1.54, 1.807) is 6.07 Å². The first-order chi connectivity index (χ1) is 7.18. The fourth-order valence-electron chi connectivity index (χ4n) is 1.94. The molecule has 1 saturated heterocycles. The van der Waals surface area contributed by atoms with Crippen molar-refractivity contribution in [2.45, 2.75) is 20.0 Å². The molecule has 1 aromatic carbocycles. The quantitative estimate of drug-likeness (QED) is 0.764. The van der Waals surface area contributed by atoms with E-state index in [9.17, 15) is 4.39 Å². The number of halogens is 1. The molecule has 0 amide bonds. The molecule has 0 aliphatic carbocycles. The van der Waals surface area contributed by atoms with Crippen LogP contribution < -0.4 is 5.32 Å². The minimum Gasteiger partial charge on any atom is -0.371 e. The average molecular weight is 209 g/mol. The molecule has 3 heteroatoms. The molecule has 1 N–H and O–H groups in total. The zero-order valence-corrected chi connectivity index (χ0v) is 9.14. The van der Waals surface area contributed by atoms with Gasteiger partial charge in [-0.3, -0.25) is 0 Å². The summed E-state index contributed by atoms with van der Waals surface area (Å²) >= 11 is 0. The fourth-order valence-corrected chi connectivity index (χ4v) is 1.94. The Morgan fingerprint density at radius 2 is 2.20 bits per heavy atom. The second-order valence-electron chi connectivity index (χ2n) is 4.02. The van der Waals surface area contributed by atoms with Gasteiger partial charge in [0.05, 0.1) is 12.7 Å². The molecule has 0 bridgehead atoms. The first-order valence-corrected chi connectivity index (χ1v) is 5.27. The summed E-state index contributed by atoms with van der Waals surface area (Å²) in [6, 6.07) is 3.57. The smallest absolute Gasteiger partial charge is 0.126 e. The highest BCUT2D eigenvalue weighted by Crippen LogP contribution is 2.25. The molecule has 15 heavy (non-hydrogen) atoms. The topological polar surface area (TPSA) is 21.3 Å². The predicted octanol–water partition coefficient (Wildman–Crippen LogP) is 2.10. The van der Waals surface area contributed by atoms with Crippen molar-refractivity contribution in [1.82, 2.24) is 5.32 Å². The van der Waals surface area contributed by atoms with E-state index in [0.29, 0.717) is 12.2 Å². The molecular formula is C12H16FNO. The van der Waals surface area contributed by atoms with Gasteiger partial charge < -0.3 is 10.1 Å². The molecular weight excluding hydrogens is 193 g/mol. The van der Waals surface area contributed by atoms with Crippen LogP contribution in [0.15, 0.2) is 12.1 Å². The van der Waals surface area contributed by atoms with Crippen molar-refractivity contribution in [2.75, 3.05) is 19.7 Å². The van der Waals surface area contributed by atoms with Crippen LogP contribution in [0.25, 0.3) is 0 Å². The summed E-state index contributed by atoms with van der Waals surface area (Å²) in [5.41, 5.74) is 2.62. The van der Waals surface area contributed by atoms with E-state index in [4.69, 9.17) is 4.74 Å². The van der Waals surface area contributed by atoms with Crippen LogP contribution >= 0.6 is 0 Å². The summed E-state index contributed by atoms with van der Waals surface area (Å²) in [5, 5.41) is 3.25. The Balaban J connectivity index is 2.33. The normalized spacial score (nSPS) is 21.7. The Bertz CT molecular complexity index is 359.